The first-order chi connectivity index (χ1) is 8.42. The molecule has 5 N–H and O–H groups in total. The number of nitrogens with one attached hydrogen (secondary N) is 1. The number of thiazole rings is 1. The van der Waals surface area contributed by atoms with Gasteiger partial charge in [0, 0.05) is 18.3 Å². The van der Waals surface area contributed by atoms with Crippen molar-refractivity contribution in [1.82, 2.24) is 10.3 Å². The molecule has 0 aromatic carbocycles. The van der Waals surface area contributed by atoms with E-state index in [1.807, 2.05) is 20.8 Å². The van der Waals surface area contributed by atoms with Crippen LogP contribution in [0.5, 0.6) is 0 Å². The Labute approximate surface area is 112 Å². The molecule has 1 unspecified atom stereocenters. The Morgan fingerprint density at radius 3 is 2.72 bits per heavy atom. The number of nitrogens with zero attached hydrogens (tertiary/aromatic N) is 1. The van der Waals surface area contributed by atoms with Gasteiger partial charge in [-0.1, -0.05) is 13.8 Å². The second-order valence-corrected chi connectivity index (χ2v) is 5.84. The summed E-state index contributed by atoms with van der Waals surface area (Å²) < 4.78 is 0. The lowest BCUT2D eigenvalue weighted by Gasteiger charge is -2.33. The van der Waals surface area contributed by atoms with Gasteiger partial charge in [0.15, 0.2) is 0 Å². The van der Waals surface area contributed by atoms with Crippen LogP contribution in [-0.2, 0) is 6.42 Å². The monoisotopic (exact) mass is 270 g/mol. The van der Waals surface area contributed by atoms with Gasteiger partial charge in [0.05, 0.1) is 10.5 Å². The second kappa shape index (κ2) is 6.26. The molecule has 1 atom stereocenters. The van der Waals surface area contributed by atoms with Crippen LogP contribution < -0.4 is 16.8 Å². The SMILES string of the molecule is CC(C)C(C)(CN)NC(=O)c1csc(CCN)n1. The van der Waals surface area contributed by atoms with Gasteiger partial charge in [-0.3, -0.25) is 4.79 Å². The number of nitrogens with two attached hydrogens (primary N) is 2. The van der Waals surface area contributed by atoms with E-state index >= 15 is 0 Å². The predicted octanol–water partition coefficient (Wildman–Crippen LogP) is 0.748. The molecular weight excluding hydrogens is 248 g/mol. The molecule has 0 aliphatic rings. The van der Waals surface area contributed by atoms with Crippen molar-refractivity contribution in [3.63, 3.8) is 0 Å². The molecule has 0 fully saturated rings. The molecule has 0 aliphatic heterocycles. The largest absolute Gasteiger partial charge is 0.344 e. The van der Waals surface area contributed by atoms with Crippen molar-refractivity contribution in [2.45, 2.75) is 32.7 Å². The number of amides is 1. The smallest absolute Gasteiger partial charge is 0.271 e. The molecule has 6 heteroatoms. The first-order valence-electron chi connectivity index (χ1n) is 6.10. The minimum atomic E-state index is -0.408. The fourth-order valence-corrected chi connectivity index (χ4v) is 2.20. The first-order valence-corrected chi connectivity index (χ1v) is 6.98. The molecule has 0 saturated carbocycles. The van der Waals surface area contributed by atoms with E-state index < -0.39 is 5.54 Å². The van der Waals surface area contributed by atoms with Crippen molar-refractivity contribution in [1.29, 1.82) is 0 Å². The van der Waals surface area contributed by atoms with Crippen LogP contribution in [0.1, 0.15) is 36.3 Å². The van der Waals surface area contributed by atoms with E-state index in [1.54, 1.807) is 5.38 Å². The van der Waals surface area contributed by atoms with E-state index in [0.29, 0.717) is 25.2 Å². The van der Waals surface area contributed by atoms with Crippen LogP contribution in [0.3, 0.4) is 0 Å². The number of rotatable bonds is 6. The van der Waals surface area contributed by atoms with Crippen molar-refractivity contribution in [2.24, 2.45) is 17.4 Å². The van der Waals surface area contributed by atoms with Crippen molar-refractivity contribution < 1.29 is 4.79 Å². The molecule has 0 spiro atoms. The molecule has 1 aromatic rings. The zero-order chi connectivity index (χ0) is 13.8. The number of carbonyl (C=O) groups excluding carboxylic acids is 1. The van der Waals surface area contributed by atoms with Crippen molar-refractivity contribution in [3.05, 3.63) is 16.1 Å². The van der Waals surface area contributed by atoms with Crippen LogP contribution in [0.4, 0.5) is 0 Å². The zero-order valence-corrected chi connectivity index (χ0v) is 12.0. The van der Waals surface area contributed by atoms with Crippen molar-refractivity contribution >= 4 is 17.2 Å². The number of carbonyl (C=O) groups is 1. The van der Waals surface area contributed by atoms with E-state index in [1.165, 1.54) is 11.3 Å². The van der Waals surface area contributed by atoms with Gasteiger partial charge in [0.2, 0.25) is 0 Å². The molecule has 18 heavy (non-hydrogen) atoms. The minimum Gasteiger partial charge on any atom is -0.344 e. The maximum Gasteiger partial charge on any atom is 0.271 e. The minimum absolute atomic E-state index is 0.170. The average molecular weight is 270 g/mol. The molecule has 1 rings (SSSR count). The summed E-state index contributed by atoms with van der Waals surface area (Å²) in [6.07, 6.45) is 0.705. The highest BCUT2D eigenvalue weighted by Crippen LogP contribution is 2.17. The maximum atomic E-state index is 12.1. The molecule has 0 aliphatic carbocycles. The molecule has 1 aromatic heterocycles. The highest BCUT2D eigenvalue weighted by Gasteiger charge is 2.29. The Balaban J connectivity index is 2.75. The first kappa shape index (κ1) is 15.1. The lowest BCUT2D eigenvalue weighted by Crippen LogP contribution is -2.55. The van der Waals surface area contributed by atoms with Crippen LogP contribution in [0.15, 0.2) is 5.38 Å². The highest BCUT2D eigenvalue weighted by molar-refractivity contribution is 7.09. The summed E-state index contributed by atoms with van der Waals surface area (Å²) in [5.41, 5.74) is 11.2. The topological polar surface area (TPSA) is 94.0 Å². The molecule has 0 saturated heterocycles. The van der Waals surface area contributed by atoms with Crippen LogP contribution in [0.2, 0.25) is 0 Å². The van der Waals surface area contributed by atoms with E-state index in [-0.39, 0.29) is 11.8 Å². The van der Waals surface area contributed by atoms with E-state index in [2.05, 4.69) is 10.3 Å². The normalized spacial score (nSPS) is 14.6. The Hall–Kier alpha value is -0.980. The van der Waals surface area contributed by atoms with Gasteiger partial charge in [-0.25, -0.2) is 4.98 Å². The molecule has 0 radical (unpaired) electrons. The fourth-order valence-electron chi connectivity index (χ4n) is 1.41. The Morgan fingerprint density at radius 1 is 1.56 bits per heavy atom. The summed E-state index contributed by atoms with van der Waals surface area (Å²) in [6, 6.07) is 0. The third kappa shape index (κ3) is 3.51. The number of aromatic nitrogens is 1. The van der Waals surface area contributed by atoms with E-state index in [9.17, 15) is 4.79 Å². The van der Waals surface area contributed by atoms with Gasteiger partial charge in [-0.15, -0.1) is 11.3 Å². The summed E-state index contributed by atoms with van der Waals surface area (Å²) in [4.78, 5) is 16.4. The molecule has 0 bridgehead atoms. The van der Waals surface area contributed by atoms with Gasteiger partial charge >= 0.3 is 0 Å². The fraction of sp³-hybridized carbons (Fsp3) is 0.667. The third-order valence-electron chi connectivity index (χ3n) is 3.24. The van der Waals surface area contributed by atoms with E-state index in [4.69, 9.17) is 11.5 Å². The summed E-state index contributed by atoms with van der Waals surface area (Å²) >= 11 is 1.46. The van der Waals surface area contributed by atoms with Crippen molar-refractivity contribution in [2.75, 3.05) is 13.1 Å². The second-order valence-electron chi connectivity index (χ2n) is 4.90. The summed E-state index contributed by atoms with van der Waals surface area (Å²) in [5, 5.41) is 5.62. The third-order valence-corrected chi connectivity index (χ3v) is 4.15. The summed E-state index contributed by atoms with van der Waals surface area (Å²) in [7, 11) is 0. The maximum absolute atomic E-state index is 12.1. The zero-order valence-electron chi connectivity index (χ0n) is 11.2. The quantitative estimate of drug-likeness (QED) is 0.711. The number of hydrogen-bond acceptors (Lipinski definition) is 5. The molecule has 1 amide bonds. The van der Waals surface area contributed by atoms with Crippen LogP contribution in [0.25, 0.3) is 0 Å². The van der Waals surface area contributed by atoms with Crippen LogP contribution in [-0.4, -0.2) is 29.5 Å². The van der Waals surface area contributed by atoms with Crippen molar-refractivity contribution in [3.8, 4) is 0 Å². The molecule has 5 nitrogen and oxygen atoms in total. The molecular formula is C12H22N4OS. The van der Waals surface area contributed by atoms with E-state index in [0.717, 1.165) is 5.01 Å². The Bertz CT molecular complexity index is 405. The van der Waals surface area contributed by atoms with Gasteiger partial charge in [0.25, 0.3) is 5.91 Å². The molecule has 102 valence electrons. The predicted molar refractivity (Wildman–Crippen MR) is 74.6 cm³/mol. The standard InChI is InChI=1S/C12H22N4OS/c1-8(2)12(3,7-14)16-11(17)9-6-18-10(15-9)4-5-13/h6,8H,4-5,7,13-14H2,1-3H3,(H,16,17). The summed E-state index contributed by atoms with van der Waals surface area (Å²) in [5.74, 6) is 0.0877. The average Bonchev–Trinajstić information content (AvgIpc) is 2.77. The van der Waals surface area contributed by atoms with Gasteiger partial charge in [-0.2, -0.15) is 0 Å². The van der Waals surface area contributed by atoms with Gasteiger partial charge < -0.3 is 16.8 Å². The Kier molecular flexibility index (Phi) is 5.25. The Morgan fingerprint density at radius 2 is 2.22 bits per heavy atom. The summed E-state index contributed by atoms with van der Waals surface area (Å²) in [6.45, 7) is 6.96. The number of hydrogen-bond donors (Lipinski definition) is 3. The lowest BCUT2D eigenvalue weighted by atomic mass is 9.88. The molecule has 1 heterocycles. The van der Waals surface area contributed by atoms with Crippen LogP contribution in [0, 0.1) is 5.92 Å². The highest BCUT2D eigenvalue weighted by atomic mass is 32.1. The van der Waals surface area contributed by atoms with Gasteiger partial charge in [-0.05, 0) is 19.4 Å². The lowest BCUT2D eigenvalue weighted by molar-refractivity contribution is 0.0878. The van der Waals surface area contributed by atoms with Crippen LogP contribution >= 0.6 is 11.3 Å². The van der Waals surface area contributed by atoms with Gasteiger partial charge in [0.1, 0.15) is 5.69 Å².